The molecule has 0 saturated carbocycles. The van der Waals surface area contributed by atoms with E-state index in [1.54, 1.807) is 30.5 Å². The normalized spacial score (nSPS) is 15.5. The van der Waals surface area contributed by atoms with Gasteiger partial charge in [0, 0.05) is 28.7 Å². The number of aromatic amines is 1. The van der Waals surface area contributed by atoms with E-state index in [0.717, 1.165) is 22.7 Å². The Labute approximate surface area is 164 Å². The molecule has 1 amide bonds. The van der Waals surface area contributed by atoms with Crippen molar-refractivity contribution in [3.05, 3.63) is 76.8 Å². The summed E-state index contributed by atoms with van der Waals surface area (Å²) >= 11 is 6.40. The standard InChI is InChI=1S/C20H11N3O2S2/c21-10-12-5-7-13(8-6-12)23-19(25)18(27-20(23)26)9-17(24)15-11-22-16-4-2-1-3-14(15)16/h1-9,11,22H/b18-9+. The van der Waals surface area contributed by atoms with Gasteiger partial charge in [-0.2, -0.15) is 5.26 Å². The minimum Gasteiger partial charge on any atom is -0.360 e. The topological polar surface area (TPSA) is 77.0 Å². The highest BCUT2D eigenvalue weighted by Crippen LogP contribution is 2.35. The van der Waals surface area contributed by atoms with Crippen molar-refractivity contribution >= 4 is 56.6 Å². The van der Waals surface area contributed by atoms with Crippen LogP contribution in [-0.4, -0.2) is 21.0 Å². The van der Waals surface area contributed by atoms with Crippen LogP contribution in [0.1, 0.15) is 15.9 Å². The van der Waals surface area contributed by atoms with Crippen LogP contribution >= 0.6 is 24.0 Å². The summed E-state index contributed by atoms with van der Waals surface area (Å²) in [5, 5.41) is 9.70. The number of nitriles is 1. The van der Waals surface area contributed by atoms with Gasteiger partial charge in [-0.15, -0.1) is 0 Å². The molecule has 4 rings (SSSR count). The van der Waals surface area contributed by atoms with E-state index in [1.807, 2.05) is 30.3 Å². The second-order valence-electron chi connectivity index (χ2n) is 5.79. The Morgan fingerprint density at radius 1 is 1.19 bits per heavy atom. The van der Waals surface area contributed by atoms with Crippen LogP contribution in [0.25, 0.3) is 10.9 Å². The molecule has 3 aromatic rings. The first-order chi connectivity index (χ1) is 13.1. The van der Waals surface area contributed by atoms with Crippen molar-refractivity contribution in [1.82, 2.24) is 4.98 Å². The first-order valence-corrected chi connectivity index (χ1v) is 9.19. The highest BCUT2D eigenvalue weighted by atomic mass is 32.2. The minimum absolute atomic E-state index is 0.257. The molecule has 1 N–H and O–H groups in total. The highest BCUT2D eigenvalue weighted by molar-refractivity contribution is 8.27. The van der Waals surface area contributed by atoms with Gasteiger partial charge in [0.2, 0.25) is 0 Å². The molecule has 0 atom stereocenters. The molecule has 7 heteroatoms. The summed E-state index contributed by atoms with van der Waals surface area (Å²) in [5.41, 5.74) is 2.43. The van der Waals surface area contributed by atoms with Crippen molar-refractivity contribution < 1.29 is 9.59 Å². The fraction of sp³-hybridized carbons (Fsp3) is 0. The van der Waals surface area contributed by atoms with Gasteiger partial charge in [0.1, 0.15) is 0 Å². The summed E-state index contributed by atoms with van der Waals surface area (Å²) in [4.78, 5) is 30.2. The molecule has 130 valence electrons. The van der Waals surface area contributed by atoms with E-state index in [0.29, 0.717) is 21.1 Å². The van der Waals surface area contributed by atoms with Crippen LogP contribution < -0.4 is 4.90 Å². The van der Waals surface area contributed by atoms with Gasteiger partial charge in [0.25, 0.3) is 5.91 Å². The maximum atomic E-state index is 12.8. The fourth-order valence-corrected chi connectivity index (χ4v) is 4.12. The molecule has 0 unspecified atom stereocenters. The lowest BCUT2D eigenvalue weighted by atomic mass is 10.1. The number of thioether (sulfide) groups is 1. The lowest BCUT2D eigenvalue weighted by Crippen LogP contribution is -2.27. The molecule has 0 bridgehead atoms. The molecule has 1 aromatic heterocycles. The molecular weight excluding hydrogens is 378 g/mol. The van der Waals surface area contributed by atoms with Crippen LogP contribution in [0.2, 0.25) is 0 Å². The number of amides is 1. The largest absolute Gasteiger partial charge is 0.360 e. The monoisotopic (exact) mass is 389 g/mol. The zero-order chi connectivity index (χ0) is 19.0. The van der Waals surface area contributed by atoms with Crippen LogP contribution in [-0.2, 0) is 4.79 Å². The Balaban J connectivity index is 1.64. The number of carbonyl (C=O) groups excluding carboxylic acids is 2. The number of fused-ring (bicyclic) bond motifs is 1. The number of para-hydroxylation sites is 1. The number of hydrogen-bond donors (Lipinski definition) is 1. The average molecular weight is 389 g/mol. The number of carbonyl (C=O) groups is 2. The zero-order valence-corrected chi connectivity index (χ0v) is 15.4. The van der Waals surface area contributed by atoms with Gasteiger partial charge in [0.15, 0.2) is 10.1 Å². The number of nitrogens with one attached hydrogen (secondary N) is 1. The second-order valence-corrected chi connectivity index (χ2v) is 7.46. The van der Waals surface area contributed by atoms with Gasteiger partial charge in [-0.25, -0.2) is 0 Å². The molecule has 0 aliphatic carbocycles. The number of aromatic nitrogens is 1. The van der Waals surface area contributed by atoms with Crippen LogP contribution in [0.15, 0.2) is 65.7 Å². The van der Waals surface area contributed by atoms with Gasteiger partial charge in [-0.3, -0.25) is 14.5 Å². The van der Waals surface area contributed by atoms with Crippen molar-refractivity contribution in [2.45, 2.75) is 0 Å². The maximum Gasteiger partial charge on any atom is 0.270 e. The summed E-state index contributed by atoms with van der Waals surface area (Å²) in [6.45, 7) is 0. The number of allylic oxidation sites excluding steroid dienone is 1. The Morgan fingerprint density at radius 3 is 2.67 bits per heavy atom. The number of hydrogen-bond acceptors (Lipinski definition) is 5. The number of rotatable bonds is 3. The third-order valence-corrected chi connectivity index (χ3v) is 5.47. The van der Waals surface area contributed by atoms with Crippen LogP contribution in [0.4, 0.5) is 5.69 Å². The number of nitrogens with zero attached hydrogens (tertiary/aromatic N) is 2. The summed E-state index contributed by atoms with van der Waals surface area (Å²) in [7, 11) is 0. The molecule has 2 aromatic carbocycles. The van der Waals surface area contributed by atoms with Crippen molar-refractivity contribution in [3.8, 4) is 6.07 Å². The molecule has 0 spiro atoms. The smallest absolute Gasteiger partial charge is 0.270 e. The van der Waals surface area contributed by atoms with Gasteiger partial charge in [-0.1, -0.05) is 42.2 Å². The number of benzene rings is 2. The second kappa shape index (κ2) is 6.83. The summed E-state index contributed by atoms with van der Waals surface area (Å²) in [6.07, 6.45) is 2.98. The van der Waals surface area contributed by atoms with Gasteiger partial charge >= 0.3 is 0 Å². The SMILES string of the molecule is N#Cc1ccc(N2C(=O)/C(=C\C(=O)c3c[nH]c4ccccc34)SC2=S)cc1. The Bertz CT molecular complexity index is 1170. The lowest BCUT2D eigenvalue weighted by molar-refractivity contribution is -0.113. The van der Waals surface area contributed by atoms with Crippen molar-refractivity contribution in [3.63, 3.8) is 0 Å². The zero-order valence-electron chi connectivity index (χ0n) is 13.8. The third kappa shape index (κ3) is 3.05. The molecule has 1 aliphatic rings. The van der Waals surface area contributed by atoms with E-state index in [2.05, 4.69) is 4.98 Å². The summed E-state index contributed by atoms with van der Waals surface area (Å²) < 4.78 is 0.350. The Morgan fingerprint density at radius 2 is 1.93 bits per heavy atom. The number of anilines is 1. The van der Waals surface area contributed by atoms with Gasteiger partial charge in [0.05, 0.1) is 22.2 Å². The first kappa shape index (κ1) is 17.2. The first-order valence-electron chi connectivity index (χ1n) is 7.97. The molecule has 2 heterocycles. The third-order valence-electron chi connectivity index (χ3n) is 4.17. The van der Waals surface area contributed by atoms with Crippen LogP contribution in [0.3, 0.4) is 0 Å². The van der Waals surface area contributed by atoms with E-state index in [1.165, 1.54) is 11.0 Å². The van der Waals surface area contributed by atoms with E-state index < -0.39 is 0 Å². The Kier molecular flexibility index (Phi) is 4.36. The predicted octanol–water partition coefficient (Wildman–Crippen LogP) is 4.17. The van der Waals surface area contributed by atoms with Crippen LogP contribution in [0, 0.1) is 11.3 Å². The molecule has 1 fully saturated rings. The van der Waals surface area contributed by atoms with E-state index in [4.69, 9.17) is 17.5 Å². The molecular formula is C20H11N3O2S2. The minimum atomic E-state index is -0.345. The van der Waals surface area contributed by atoms with Crippen LogP contribution in [0.5, 0.6) is 0 Å². The molecule has 27 heavy (non-hydrogen) atoms. The van der Waals surface area contributed by atoms with Crippen molar-refractivity contribution in [2.24, 2.45) is 0 Å². The van der Waals surface area contributed by atoms with Gasteiger partial charge in [-0.05, 0) is 30.3 Å². The maximum absolute atomic E-state index is 12.8. The van der Waals surface area contributed by atoms with Crippen molar-refractivity contribution in [1.29, 1.82) is 5.26 Å². The summed E-state index contributed by atoms with van der Waals surface area (Å²) in [5.74, 6) is -0.601. The number of ketones is 1. The quantitative estimate of drug-likeness (QED) is 0.413. The number of H-pyrrole nitrogens is 1. The van der Waals surface area contributed by atoms with E-state index in [-0.39, 0.29) is 16.6 Å². The fourth-order valence-electron chi connectivity index (χ4n) is 2.85. The molecule has 0 radical (unpaired) electrons. The molecule has 1 aliphatic heterocycles. The van der Waals surface area contributed by atoms with Crippen molar-refractivity contribution in [2.75, 3.05) is 4.90 Å². The van der Waals surface area contributed by atoms with Gasteiger partial charge < -0.3 is 4.98 Å². The molecule has 1 saturated heterocycles. The average Bonchev–Trinajstić information content (AvgIpc) is 3.23. The Hall–Kier alpha value is -3.21. The predicted molar refractivity (Wildman–Crippen MR) is 110 cm³/mol. The summed E-state index contributed by atoms with van der Waals surface area (Å²) in [6, 6.07) is 16.1. The number of thiocarbonyl (C=S) groups is 1. The molecule has 5 nitrogen and oxygen atoms in total. The van der Waals surface area contributed by atoms with E-state index >= 15 is 0 Å². The highest BCUT2D eigenvalue weighted by Gasteiger charge is 2.34. The lowest BCUT2D eigenvalue weighted by Gasteiger charge is -2.14. The van der Waals surface area contributed by atoms with E-state index in [9.17, 15) is 9.59 Å².